The van der Waals surface area contributed by atoms with E-state index in [-0.39, 0.29) is 16.7 Å². The molecule has 0 aliphatic carbocycles. The Morgan fingerprint density at radius 3 is 2.32 bits per heavy atom. The second-order valence-electron chi connectivity index (χ2n) is 10.2. The summed E-state index contributed by atoms with van der Waals surface area (Å²) in [5.41, 5.74) is 5.76. The van der Waals surface area contributed by atoms with Crippen molar-refractivity contribution in [2.75, 3.05) is 5.75 Å². The number of thioether (sulfide) groups is 1. The van der Waals surface area contributed by atoms with E-state index in [9.17, 15) is 31.1 Å². The Morgan fingerprint density at radius 2 is 1.66 bits per heavy atom. The average molecular weight is 589 g/mol. The lowest BCUT2D eigenvalue weighted by Gasteiger charge is -2.25. The monoisotopic (exact) mass is 588 g/mol. The fourth-order valence-electron chi connectivity index (χ4n) is 5.36. The van der Waals surface area contributed by atoms with E-state index in [0.717, 1.165) is 30.7 Å². The van der Waals surface area contributed by atoms with E-state index < -0.39 is 53.1 Å². The molecule has 1 unspecified atom stereocenters. The van der Waals surface area contributed by atoms with Gasteiger partial charge in [-0.05, 0) is 47.4 Å². The predicted molar refractivity (Wildman–Crippen MR) is 148 cm³/mol. The Morgan fingerprint density at radius 1 is 0.976 bits per heavy atom. The first-order valence-corrected chi connectivity index (χ1v) is 13.8. The molecule has 0 radical (unpaired) electrons. The highest BCUT2D eigenvalue weighted by Gasteiger charge is 2.38. The molecule has 0 bridgehead atoms. The molecule has 0 saturated heterocycles. The van der Waals surface area contributed by atoms with Crippen molar-refractivity contribution in [3.8, 4) is 11.1 Å². The summed E-state index contributed by atoms with van der Waals surface area (Å²) in [4.78, 5) is 14.1. The fraction of sp³-hybridized carbons (Fsp3) is 0.258. The van der Waals surface area contributed by atoms with Gasteiger partial charge in [0.25, 0.3) is 11.5 Å². The van der Waals surface area contributed by atoms with Crippen molar-refractivity contribution in [2.24, 2.45) is 5.73 Å². The Kier molecular flexibility index (Phi) is 7.59. The first-order chi connectivity index (χ1) is 19.3. The topological polar surface area (TPSA) is 48.0 Å². The Labute approximate surface area is 237 Å². The summed E-state index contributed by atoms with van der Waals surface area (Å²) in [5, 5.41) is 0.390. The highest BCUT2D eigenvalue weighted by molar-refractivity contribution is 7.99. The van der Waals surface area contributed by atoms with Gasteiger partial charge in [-0.1, -0.05) is 54.6 Å². The second-order valence-corrected chi connectivity index (χ2v) is 11.2. The maximum atomic E-state index is 15.0. The number of aromatic nitrogens is 1. The third kappa shape index (κ3) is 5.42. The summed E-state index contributed by atoms with van der Waals surface area (Å²) >= 11 is 1.26. The first-order valence-electron chi connectivity index (χ1n) is 12.8. The van der Waals surface area contributed by atoms with Gasteiger partial charge in [0.05, 0.1) is 28.2 Å². The van der Waals surface area contributed by atoms with Crippen LogP contribution in [0.4, 0.5) is 26.3 Å². The van der Waals surface area contributed by atoms with Crippen molar-refractivity contribution in [2.45, 2.75) is 49.5 Å². The van der Waals surface area contributed by atoms with Crippen molar-refractivity contribution in [1.29, 1.82) is 0 Å². The molecular formula is C31H26F6N2OS. The smallest absolute Gasteiger partial charge is 0.322 e. The van der Waals surface area contributed by atoms with Gasteiger partial charge in [-0.15, -0.1) is 11.8 Å². The molecule has 3 nitrogen and oxygen atoms in total. The van der Waals surface area contributed by atoms with Crippen LogP contribution in [0.5, 0.6) is 0 Å². The molecule has 5 rings (SSSR count). The van der Waals surface area contributed by atoms with E-state index >= 15 is 0 Å². The largest absolute Gasteiger partial charge is 0.416 e. The van der Waals surface area contributed by atoms with Gasteiger partial charge < -0.3 is 5.73 Å². The van der Waals surface area contributed by atoms with Crippen molar-refractivity contribution in [3.63, 3.8) is 0 Å². The minimum atomic E-state index is -4.81. The summed E-state index contributed by atoms with van der Waals surface area (Å²) in [6.07, 6.45) is -5.27. The maximum absolute atomic E-state index is 15.0. The van der Waals surface area contributed by atoms with Gasteiger partial charge in [-0.3, -0.25) is 9.36 Å². The van der Waals surface area contributed by atoms with Crippen LogP contribution >= 0.6 is 11.8 Å². The number of hydrogen-bond acceptors (Lipinski definition) is 3. The molecule has 2 heterocycles. The number of benzene rings is 3. The lowest BCUT2D eigenvalue weighted by atomic mass is 9.91. The average Bonchev–Trinajstić information content (AvgIpc) is 3.36. The SMILES string of the molecule is Cc1c(Cc2c(F)cccc2C(F)(F)F)c2n(c(=O)c1-c1cccc(C(C)(F)F)c1)[C@H](C(N)c1ccccc1)CS2. The molecule has 2 N–H and O–H groups in total. The highest BCUT2D eigenvalue weighted by atomic mass is 32.2. The number of pyridine rings is 1. The molecule has 214 valence electrons. The van der Waals surface area contributed by atoms with E-state index in [1.54, 1.807) is 19.1 Å². The summed E-state index contributed by atoms with van der Waals surface area (Å²) in [6.45, 7) is 2.30. The maximum Gasteiger partial charge on any atom is 0.416 e. The van der Waals surface area contributed by atoms with Gasteiger partial charge in [-0.2, -0.15) is 13.2 Å². The quantitative estimate of drug-likeness (QED) is 0.232. The third-order valence-corrected chi connectivity index (χ3v) is 8.72. The molecule has 0 saturated carbocycles. The van der Waals surface area contributed by atoms with Crippen LogP contribution in [-0.4, -0.2) is 10.3 Å². The Balaban J connectivity index is 1.77. The molecule has 41 heavy (non-hydrogen) atoms. The van der Waals surface area contributed by atoms with E-state index in [4.69, 9.17) is 5.73 Å². The van der Waals surface area contributed by atoms with E-state index in [2.05, 4.69) is 0 Å². The number of fused-ring (bicyclic) bond motifs is 1. The second kappa shape index (κ2) is 10.7. The summed E-state index contributed by atoms with van der Waals surface area (Å²) in [7, 11) is 0. The normalized spacial score (nSPS) is 16.1. The van der Waals surface area contributed by atoms with E-state index in [0.29, 0.717) is 21.9 Å². The van der Waals surface area contributed by atoms with Gasteiger partial charge in [-0.25, -0.2) is 13.2 Å². The van der Waals surface area contributed by atoms with Crippen molar-refractivity contribution >= 4 is 11.8 Å². The molecule has 0 amide bonds. The molecule has 2 atom stereocenters. The van der Waals surface area contributed by atoms with Gasteiger partial charge >= 0.3 is 6.18 Å². The van der Waals surface area contributed by atoms with Gasteiger partial charge in [0.15, 0.2) is 0 Å². The number of nitrogens with two attached hydrogens (primary N) is 1. The van der Waals surface area contributed by atoms with Crippen LogP contribution in [0.2, 0.25) is 0 Å². The summed E-state index contributed by atoms with van der Waals surface area (Å²) in [6, 6.07) is 16.0. The number of rotatable bonds is 6. The van der Waals surface area contributed by atoms with Gasteiger partial charge in [0.2, 0.25) is 0 Å². The molecular weight excluding hydrogens is 562 g/mol. The zero-order valence-corrected chi connectivity index (χ0v) is 22.9. The predicted octanol–water partition coefficient (Wildman–Crippen LogP) is 8.03. The number of halogens is 6. The van der Waals surface area contributed by atoms with E-state index in [1.165, 1.54) is 40.6 Å². The number of hydrogen-bond donors (Lipinski definition) is 1. The molecule has 0 spiro atoms. The van der Waals surface area contributed by atoms with Crippen LogP contribution in [0.3, 0.4) is 0 Å². The number of alkyl halides is 5. The fourth-order valence-corrected chi connectivity index (χ4v) is 6.81. The Hall–Kier alpha value is -3.50. The zero-order chi connectivity index (χ0) is 29.7. The minimum absolute atomic E-state index is 0.0625. The minimum Gasteiger partial charge on any atom is -0.322 e. The third-order valence-electron chi connectivity index (χ3n) is 7.49. The number of nitrogens with zero attached hydrogens (tertiary/aromatic N) is 1. The molecule has 0 fully saturated rings. The lowest BCUT2D eigenvalue weighted by Crippen LogP contribution is -2.33. The van der Waals surface area contributed by atoms with Crippen LogP contribution < -0.4 is 11.3 Å². The van der Waals surface area contributed by atoms with Crippen molar-refractivity contribution < 1.29 is 26.3 Å². The van der Waals surface area contributed by atoms with Crippen LogP contribution in [-0.2, 0) is 18.5 Å². The summed E-state index contributed by atoms with van der Waals surface area (Å²) < 4.78 is 86.7. The molecule has 10 heteroatoms. The lowest BCUT2D eigenvalue weighted by molar-refractivity contribution is -0.138. The van der Waals surface area contributed by atoms with Crippen LogP contribution in [0.25, 0.3) is 11.1 Å². The zero-order valence-electron chi connectivity index (χ0n) is 22.1. The van der Waals surface area contributed by atoms with Crippen LogP contribution in [0.1, 0.15) is 52.4 Å². The molecule has 1 aromatic heterocycles. The molecule has 1 aliphatic heterocycles. The van der Waals surface area contributed by atoms with Gasteiger partial charge in [0, 0.05) is 30.2 Å². The molecule has 4 aromatic rings. The first kappa shape index (κ1) is 29.0. The van der Waals surface area contributed by atoms with Gasteiger partial charge in [0.1, 0.15) is 5.82 Å². The summed E-state index contributed by atoms with van der Waals surface area (Å²) in [5.74, 6) is -3.88. The highest BCUT2D eigenvalue weighted by Crippen LogP contribution is 2.44. The van der Waals surface area contributed by atoms with Crippen molar-refractivity contribution in [1.82, 2.24) is 4.57 Å². The van der Waals surface area contributed by atoms with Crippen LogP contribution in [0.15, 0.2) is 82.6 Å². The molecule has 1 aliphatic rings. The Bertz CT molecular complexity index is 1660. The van der Waals surface area contributed by atoms with E-state index in [1.807, 2.05) is 18.2 Å². The standard InChI is InChI=1S/C31H26F6N2OS/c1-17-21(15-22-23(31(35,36)37)12-7-13-24(22)32)29-39(25(16-41-29)27(38)18-8-4-3-5-9-18)28(40)26(17)19-10-6-11-20(14-19)30(2,33)34/h3-14,25,27H,15-16,38H2,1-2H3/t25-,27?/m0/s1. The van der Waals surface area contributed by atoms with Crippen LogP contribution in [0, 0.1) is 12.7 Å². The van der Waals surface area contributed by atoms with Crippen molar-refractivity contribution in [3.05, 3.63) is 122 Å². The molecule has 3 aromatic carbocycles.